The Balaban J connectivity index is 1.53. The van der Waals surface area contributed by atoms with Crippen molar-refractivity contribution in [1.82, 2.24) is 14.9 Å². The second-order valence-corrected chi connectivity index (χ2v) is 8.34. The summed E-state index contributed by atoms with van der Waals surface area (Å²) in [7, 11) is 0. The molecule has 5 rings (SSSR count). The number of H-pyrrole nitrogens is 1. The molecular formula is C24H19N3O3S. The number of hydrogen-bond acceptors (Lipinski definition) is 5. The van der Waals surface area contributed by atoms with Crippen molar-refractivity contribution in [1.29, 1.82) is 0 Å². The zero-order chi connectivity index (χ0) is 21.4. The van der Waals surface area contributed by atoms with E-state index in [9.17, 15) is 14.7 Å². The molecule has 0 saturated carbocycles. The van der Waals surface area contributed by atoms with Gasteiger partial charge in [-0.3, -0.25) is 14.6 Å². The van der Waals surface area contributed by atoms with Gasteiger partial charge in [0.15, 0.2) is 0 Å². The molecule has 3 aromatic heterocycles. The number of pyridine rings is 1. The smallest absolute Gasteiger partial charge is 0.295 e. The van der Waals surface area contributed by atoms with Gasteiger partial charge < -0.3 is 15.0 Å². The van der Waals surface area contributed by atoms with E-state index in [-0.39, 0.29) is 11.3 Å². The number of para-hydroxylation sites is 1. The summed E-state index contributed by atoms with van der Waals surface area (Å²) in [5.74, 6) is -1.46. The predicted molar refractivity (Wildman–Crippen MR) is 120 cm³/mol. The zero-order valence-corrected chi connectivity index (χ0v) is 17.3. The van der Waals surface area contributed by atoms with Gasteiger partial charge in [0.2, 0.25) is 0 Å². The minimum atomic E-state index is -0.668. The molecule has 1 aliphatic heterocycles. The highest BCUT2D eigenvalue weighted by atomic mass is 32.1. The number of likely N-dealkylation sites (tertiary alicyclic amines) is 1. The van der Waals surface area contributed by atoms with Gasteiger partial charge in [0.05, 0.1) is 11.6 Å². The Bertz CT molecular complexity index is 1290. The highest BCUT2D eigenvalue weighted by Crippen LogP contribution is 2.41. The van der Waals surface area contributed by atoms with Gasteiger partial charge in [-0.1, -0.05) is 24.3 Å². The third kappa shape index (κ3) is 3.33. The normalized spacial score (nSPS) is 18.2. The number of Topliss-reactive ketones (excluding diaryl/α,β-unsaturated/α-hetero) is 1. The molecule has 31 heavy (non-hydrogen) atoms. The van der Waals surface area contributed by atoms with Crippen LogP contribution < -0.4 is 0 Å². The Kier molecular flexibility index (Phi) is 4.88. The van der Waals surface area contributed by atoms with Crippen molar-refractivity contribution >= 4 is 39.7 Å². The lowest BCUT2D eigenvalue weighted by atomic mass is 10.0. The lowest BCUT2D eigenvalue weighted by Gasteiger charge is -2.24. The monoisotopic (exact) mass is 429 g/mol. The second kappa shape index (κ2) is 7.85. The molecule has 2 N–H and O–H groups in total. The third-order valence-corrected chi connectivity index (χ3v) is 6.51. The van der Waals surface area contributed by atoms with E-state index in [1.807, 2.05) is 48.0 Å². The third-order valence-electron chi connectivity index (χ3n) is 5.58. The number of rotatable bonds is 5. The number of hydrogen-bond donors (Lipinski definition) is 2. The predicted octanol–water partition coefficient (Wildman–Crippen LogP) is 4.29. The maximum atomic E-state index is 13.0. The minimum Gasteiger partial charge on any atom is -0.507 e. The van der Waals surface area contributed by atoms with Crippen LogP contribution in [0.15, 0.2) is 78.1 Å². The van der Waals surface area contributed by atoms with Crippen LogP contribution in [0.25, 0.3) is 16.7 Å². The van der Waals surface area contributed by atoms with Crippen LogP contribution in [-0.4, -0.2) is 38.2 Å². The minimum absolute atomic E-state index is 0.111. The van der Waals surface area contributed by atoms with Crippen LogP contribution in [0.2, 0.25) is 0 Å². The number of carbonyl (C=O) groups excluding carboxylic acids is 2. The van der Waals surface area contributed by atoms with E-state index in [0.717, 1.165) is 21.3 Å². The first kappa shape index (κ1) is 19.3. The molecule has 1 saturated heterocycles. The largest absolute Gasteiger partial charge is 0.507 e. The van der Waals surface area contributed by atoms with Crippen molar-refractivity contribution in [2.75, 3.05) is 6.54 Å². The fourth-order valence-corrected chi connectivity index (χ4v) is 4.94. The molecular weight excluding hydrogens is 410 g/mol. The molecule has 4 aromatic rings. The molecule has 154 valence electrons. The molecule has 1 aliphatic rings. The standard InChI is InChI=1S/C24H19N3O3S/c28-22(16-5-3-10-25-13-16)20-21(19-8-4-12-31-19)27(24(30)23(20)29)11-9-15-14-26-18-7-2-1-6-17(15)18/h1-8,10,12-14,21,26,28H,9,11H2/b22-20+. The van der Waals surface area contributed by atoms with Gasteiger partial charge in [-0.05, 0) is 41.6 Å². The van der Waals surface area contributed by atoms with E-state index < -0.39 is 17.7 Å². The lowest BCUT2D eigenvalue weighted by Crippen LogP contribution is -2.31. The number of fused-ring (bicyclic) bond motifs is 1. The van der Waals surface area contributed by atoms with E-state index in [2.05, 4.69) is 9.97 Å². The van der Waals surface area contributed by atoms with Crippen molar-refractivity contribution in [3.8, 4) is 0 Å². The number of aliphatic hydroxyl groups is 1. The Labute approximate surface area is 182 Å². The van der Waals surface area contributed by atoms with E-state index in [1.165, 1.54) is 17.5 Å². The Morgan fingerprint density at radius 2 is 2.00 bits per heavy atom. The van der Waals surface area contributed by atoms with Crippen LogP contribution in [0.5, 0.6) is 0 Å². The van der Waals surface area contributed by atoms with Crippen LogP contribution in [-0.2, 0) is 16.0 Å². The number of amides is 1. The number of nitrogens with zero attached hydrogens (tertiary/aromatic N) is 2. The van der Waals surface area contributed by atoms with Crippen LogP contribution in [0.4, 0.5) is 0 Å². The highest BCUT2D eigenvalue weighted by Gasteiger charge is 2.46. The molecule has 1 fully saturated rings. The van der Waals surface area contributed by atoms with Crippen LogP contribution in [0.1, 0.15) is 22.0 Å². The molecule has 4 heterocycles. The summed E-state index contributed by atoms with van der Waals surface area (Å²) in [6, 6.07) is 14.5. The summed E-state index contributed by atoms with van der Waals surface area (Å²) in [5, 5.41) is 13.9. The summed E-state index contributed by atoms with van der Waals surface area (Å²) in [6.07, 6.45) is 5.61. The Hall–Kier alpha value is -3.71. The van der Waals surface area contributed by atoms with E-state index in [4.69, 9.17) is 0 Å². The first-order valence-electron chi connectivity index (χ1n) is 9.92. The zero-order valence-electron chi connectivity index (χ0n) is 16.5. The maximum Gasteiger partial charge on any atom is 0.295 e. The van der Waals surface area contributed by atoms with Crippen LogP contribution in [0.3, 0.4) is 0 Å². The molecule has 0 aliphatic carbocycles. The van der Waals surface area contributed by atoms with Gasteiger partial charge in [-0.2, -0.15) is 0 Å². The summed E-state index contributed by atoms with van der Waals surface area (Å²) in [4.78, 5) is 35.6. The van der Waals surface area contributed by atoms with Gasteiger partial charge in [-0.15, -0.1) is 11.3 Å². The first-order valence-corrected chi connectivity index (χ1v) is 10.8. The Morgan fingerprint density at radius 1 is 1.13 bits per heavy atom. The number of aromatic amines is 1. The van der Waals surface area contributed by atoms with Crippen molar-refractivity contribution in [2.24, 2.45) is 0 Å². The molecule has 6 nitrogen and oxygen atoms in total. The maximum absolute atomic E-state index is 13.0. The molecule has 1 amide bonds. The Morgan fingerprint density at radius 3 is 2.77 bits per heavy atom. The van der Waals surface area contributed by atoms with Crippen molar-refractivity contribution in [3.63, 3.8) is 0 Å². The van der Waals surface area contributed by atoms with Gasteiger partial charge in [-0.25, -0.2) is 0 Å². The molecule has 0 radical (unpaired) electrons. The van der Waals surface area contributed by atoms with Gasteiger partial charge >= 0.3 is 0 Å². The van der Waals surface area contributed by atoms with Crippen LogP contribution in [0, 0.1) is 0 Å². The highest BCUT2D eigenvalue weighted by molar-refractivity contribution is 7.10. The summed E-state index contributed by atoms with van der Waals surface area (Å²) in [5.41, 5.74) is 2.64. The first-order chi connectivity index (χ1) is 15.1. The number of thiophene rings is 1. The number of ketones is 1. The number of aromatic nitrogens is 2. The fraction of sp³-hybridized carbons (Fsp3) is 0.125. The summed E-state index contributed by atoms with van der Waals surface area (Å²) in [6.45, 7) is 0.360. The summed E-state index contributed by atoms with van der Waals surface area (Å²) < 4.78 is 0. The lowest BCUT2D eigenvalue weighted by molar-refractivity contribution is -0.139. The molecule has 7 heteroatoms. The van der Waals surface area contributed by atoms with Crippen molar-refractivity contribution in [2.45, 2.75) is 12.5 Å². The van der Waals surface area contributed by atoms with Crippen LogP contribution >= 0.6 is 11.3 Å². The molecule has 0 bridgehead atoms. The molecule has 1 atom stereocenters. The fourth-order valence-electron chi connectivity index (χ4n) is 4.09. The van der Waals surface area contributed by atoms with Gasteiger partial charge in [0.25, 0.3) is 11.7 Å². The average Bonchev–Trinajstić information content (AvgIpc) is 3.53. The molecule has 1 aromatic carbocycles. The number of carbonyl (C=O) groups is 2. The SMILES string of the molecule is O=C1C(=O)N(CCc2c[nH]c3ccccc23)C(c2cccs2)/C1=C(\O)c1cccnc1. The van der Waals surface area contributed by atoms with E-state index >= 15 is 0 Å². The molecule has 1 unspecified atom stereocenters. The number of nitrogens with one attached hydrogen (secondary N) is 1. The molecule has 0 spiro atoms. The summed E-state index contributed by atoms with van der Waals surface area (Å²) >= 11 is 1.46. The second-order valence-electron chi connectivity index (χ2n) is 7.36. The van der Waals surface area contributed by atoms with Gasteiger partial charge in [0.1, 0.15) is 5.76 Å². The van der Waals surface area contributed by atoms with Crippen molar-refractivity contribution in [3.05, 3.63) is 94.1 Å². The topological polar surface area (TPSA) is 86.3 Å². The average molecular weight is 430 g/mol. The van der Waals surface area contributed by atoms with Gasteiger partial charge in [0, 0.05) is 46.5 Å². The van der Waals surface area contributed by atoms with E-state index in [1.54, 1.807) is 23.2 Å². The van der Waals surface area contributed by atoms with E-state index in [0.29, 0.717) is 18.5 Å². The number of aliphatic hydroxyl groups excluding tert-OH is 1. The number of benzene rings is 1. The quantitative estimate of drug-likeness (QED) is 0.282. The van der Waals surface area contributed by atoms with Crippen molar-refractivity contribution < 1.29 is 14.7 Å².